The van der Waals surface area contributed by atoms with Crippen molar-refractivity contribution in [3.05, 3.63) is 54.5 Å². The molecule has 0 spiro atoms. The number of rotatable bonds is 4. The second-order valence-corrected chi connectivity index (χ2v) is 7.06. The van der Waals surface area contributed by atoms with Crippen LogP contribution in [0.25, 0.3) is 21.3 Å². The average molecular weight is 397 g/mol. The van der Waals surface area contributed by atoms with Gasteiger partial charge in [-0.15, -0.1) is 11.3 Å². The predicted molar refractivity (Wildman–Crippen MR) is 95.2 cm³/mol. The molecule has 0 amide bonds. The molecule has 0 aliphatic heterocycles. The smallest absolute Gasteiger partial charge is 0.298 e. The van der Waals surface area contributed by atoms with Crippen LogP contribution in [0.5, 0.6) is 0 Å². The number of aromatic nitrogens is 2. The molecule has 1 aromatic carbocycles. The standard InChI is InChI=1S/C16H14BrFN2O2S/c1-2-11-12(9-3-5-10(17)6-4-9)13-14(23-11)19-16(22)20(8-7-18)15(13)21/h3-6H,2,7-8H2,1H3,(H,19,22). The van der Waals surface area contributed by atoms with Gasteiger partial charge in [-0.05, 0) is 24.1 Å². The Kier molecular flexibility index (Phi) is 4.50. The minimum Gasteiger partial charge on any atom is -0.298 e. The number of benzene rings is 1. The first-order chi connectivity index (χ1) is 11.1. The summed E-state index contributed by atoms with van der Waals surface area (Å²) in [6.07, 6.45) is 0.745. The van der Waals surface area contributed by atoms with Gasteiger partial charge < -0.3 is 0 Å². The highest BCUT2D eigenvalue weighted by atomic mass is 79.9. The summed E-state index contributed by atoms with van der Waals surface area (Å²) in [5.41, 5.74) is 0.739. The maximum atomic E-state index is 12.7. The maximum absolute atomic E-state index is 12.7. The number of aryl methyl sites for hydroxylation is 1. The summed E-state index contributed by atoms with van der Waals surface area (Å²) in [5.74, 6) is 0. The van der Waals surface area contributed by atoms with Crippen molar-refractivity contribution < 1.29 is 4.39 Å². The Hall–Kier alpha value is -1.73. The third-order valence-corrected chi connectivity index (χ3v) is 5.45. The molecule has 7 heteroatoms. The van der Waals surface area contributed by atoms with Crippen molar-refractivity contribution in [2.24, 2.45) is 0 Å². The van der Waals surface area contributed by atoms with E-state index >= 15 is 0 Å². The summed E-state index contributed by atoms with van der Waals surface area (Å²) in [7, 11) is 0. The van der Waals surface area contributed by atoms with Crippen LogP contribution in [0.1, 0.15) is 11.8 Å². The van der Waals surface area contributed by atoms with Gasteiger partial charge in [0.2, 0.25) is 0 Å². The molecule has 0 atom stereocenters. The number of aromatic amines is 1. The highest BCUT2D eigenvalue weighted by Crippen LogP contribution is 2.36. The number of hydrogen-bond acceptors (Lipinski definition) is 3. The Bertz CT molecular complexity index is 973. The highest BCUT2D eigenvalue weighted by Gasteiger charge is 2.19. The van der Waals surface area contributed by atoms with E-state index < -0.39 is 17.9 Å². The molecule has 0 radical (unpaired) electrons. The SMILES string of the molecule is CCc1sc2[nH]c(=O)n(CCF)c(=O)c2c1-c1ccc(Br)cc1. The van der Waals surface area contributed by atoms with E-state index in [9.17, 15) is 14.0 Å². The quantitative estimate of drug-likeness (QED) is 0.730. The minimum absolute atomic E-state index is 0.235. The number of alkyl halides is 1. The van der Waals surface area contributed by atoms with Crippen molar-refractivity contribution >= 4 is 37.5 Å². The van der Waals surface area contributed by atoms with E-state index in [0.717, 1.165) is 31.5 Å². The summed E-state index contributed by atoms with van der Waals surface area (Å²) >= 11 is 4.80. The molecule has 3 rings (SSSR count). The van der Waals surface area contributed by atoms with Crippen molar-refractivity contribution in [2.75, 3.05) is 6.67 Å². The van der Waals surface area contributed by atoms with Crippen LogP contribution >= 0.6 is 27.3 Å². The van der Waals surface area contributed by atoms with Gasteiger partial charge in [-0.2, -0.15) is 0 Å². The maximum Gasteiger partial charge on any atom is 0.329 e. The fourth-order valence-electron chi connectivity index (χ4n) is 2.62. The Balaban J connectivity index is 2.40. The zero-order chi connectivity index (χ0) is 16.6. The van der Waals surface area contributed by atoms with Crippen LogP contribution in [0, 0.1) is 0 Å². The summed E-state index contributed by atoms with van der Waals surface area (Å²) in [6.45, 7) is 1.01. The van der Waals surface area contributed by atoms with E-state index in [1.165, 1.54) is 11.3 Å². The lowest BCUT2D eigenvalue weighted by molar-refractivity contribution is 0.434. The molecule has 3 aromatic rings. The Morgan fingerprint density at radius 2 is 1.96 bits per heavy atom. The average Bonchev–Trinajstić information content (AvgIpc) is 2.90. The molecular weight excluding hydrogens is 383 g/mol. The molecule has 0 saturated heterocycles. The predicted octanol–water partition coefficient (Wildman–Crippen LogP) is 3.71. The van der Waals surface area contributed by atoms with E-state index in [1.807, 2.05) is 31.2 Å². The lowest BCUT2D eigenvalue weighted by Gasteiger charge is -2.05. The normalized spacial score (nSPS) is 11.3. The number of fused-ring (bicyclic) bond motifs is 1. The summed E-state index contributed by atoms with van der Waals surface area (Å²) in [4.78, 5) is 29.0. The van der Waals surface area contributed by atoms with Gasteiger partial charge in [0.25, 0.3) is 5.56 Å². The van der Waals surface area contributed by atoms with Crippen molar-refractivity contribution in [2.45, 2.75) is 19.9 Å². The second-order valence-electron chi connectivity index (χ2n) is 5.04. The highest BCUT2D eigenvalue weighted by molar-refractivity contribution is 9.10. The van der Waals surface area contributed by atoms with Crippen LogP contribution in [0.2, 0.25) is 0 Å². The van der Waals surface area contributed by atoms with Crippen LogP contribution in [-0.4, -0.2) is 16.2 Å². The molecule has 0 aliphatic carbocycles. The Morgan fingerprint density at radius 3 is 2.57 bits per heavy atom. The number of nitrogens with zero attached hydrogens (tertiary/aromatic N) is 1. The molecule has 0 saturated carbocycles. The fourth-order valence-corrected chi connectivity index (χ4v) is 4.03. The molecule has 1 N–H and O–H groups in total. The van der Waals surface area contributed by atoms with Gasteiger partial charge >= 0.3 is 5.69 Å². The van der Waals surface area contributed by atoms with Gasteiger partial charge in [-0.3, -0.25) is 14.3 Å². The van der Waals surface area contributed by atoms with E-state index in [1.54, 1.807) is 0 Å². The number of nitrogens with one attached hydrogen (secondary N) is 1. The first-order valence-corrected chi connectivity index (χ1v) is 8.78. The molecule has 2 heterocycles. The van der Waals surface area contributed by atoms with E-state index in [2.05, 4.69) is 20.9 Å². The van der Waals surface area contributed by atoms with Gasteiger partial charge in [0.05, 0.1) is 11.9 Å². The third-order valence-electron chi connectivity index (χ3n) is 3.67. The molecule has 0 unspecified atom stereocenters. The number of H-pyrrole nitrogens is 1. The second kappa shape index (κ2) is 6.41. The molecule has 23 heavy (non-hydrogen) atoms. The van der Waals surface area contributed by atoms with Gasteiger partial charge in [0, 0.05) is 14.9 Å². The zero-order valence-corrected chi connectivity index (χ0v) is 14.8. The van der Waals surface area contributed by atoms with Gasteiger partial charge in [0.1, 0.15) is 11.5 Å². The number of halogens is 2. The molecule has 2 aromatic heterocycles. The molecular formula is C16H14BrFN2O2S. The number of thiophene rings is 1. The van der Waals surface area contributed by atoms with Crippen LogP contribution in [0.3, 0.4) is 0 Å². The molecule has 4 nitrogen and oxygen atoms in total. The van der Waals surface area contributed by atoms with Gasteiger partial charge in [0.15, 0.2) is 0 Å². The summed E-state index contributed by atoms with van der Waals surface area (Å²) < 4.78 is 14.5. The molecule has 0 bridgehead atoms. The molecule has 0 aliphatic rings. The van der Waals surface area contributed by atoms with Gasteiger partial charge in [-0.1, -0.05) is 35.0 Å². The van der Waals surface area contributed by atoms with Crippen LogP contribution in [-0.2, 0) is 13.0 Å². The Morgan fingerprint density at radius 1 is 1.26 bits per heavy atom. The Labute approximate surface area is 143 Å². The summed E-state index contributed by atoms with van der Waals surface area (Å²) in [6, 6.07) is 7.66. The first-order valence-electron chi connectivity index (χ1n) is 7.17. The van der Waals surface area contributed by atoms with Crippen LogP contribution in [0.4, 0.5) is 4.39 Å². The monoisotopic (exact) mass is 396 g/mol. The lowest BCUT2D eigenvalue weighted by Crippen LogP contribution is -2.35. The van der Waals surface area contributed by atoms with Crippen molar-refractivity contribution in [3.8, 4) is 11.1 Å². The first kappa shape index (κ1) is 16.1. The zero-order valence-electron chi connectivity index (χ0n) is 12.4. The van der Waals surface area contributed by atoms with Crippen molar-refractivity contribution in [3.63, 3.8) is 0 Å². The minimum atomic E-state index is -0.757. The summed E-state index contributed by atoms with van der Waals surface area (Å²) in [5, 5.41) is 0.460. The number of hydrogen-bond donors (Lipinski definition) is 1. The molecule has 0 fully saturated rings. The third kappa shape index (κ3) is 2.79. The largest absolute Gasteiger partial charge is 0.329 e. The molecule has 120 valence electrons. The lowest BCUT2D eigenvalue weighted by atomic mass is 10.0. The van der Waals surface area contributed by atoms with E-state index in [4.69, 9.17) is 0 Å². The topological polar surface area (TPSA) is 54.9 Å². The van der Waals surface area contributed by atoms with Crippen LogP contribution < -0.4 is 11.2 Å². The van der Waals surface area contributed by atoms with E-state index in [0.29, 0.717) is 10.2 Å². The van der Waals surface area contributed by atoms with Gasteiger partial charge in [-0.25, -0.2) is 9.18 Å². The fraction of sp³-hybridized carbons (Fsp3) is 0.250. The van der Waals surface area contributed by atoms with Crippen molar-refractivity contribution in [1.82, 2.24) is 9.55 Å². The van der Waals surface area contributed by atoms with Crippen molar-refractivity contribution in [1.29, 1.82) is 0 Å². The van der Waals surface area contributed by atoms with Crippen LogP contribution in [0.15, 0.2) is 38.3 Å². The van der Waals surface area contributed by atoms with E-state index in [-0.39, 0.29) is 6.54 Å².